The molecule has 3 rings (SSSR count). The number of likely N-dealkylation sites (tertiary alicyclic amines) is 1. The van der Waals surface area contributed by atoms with Crippen LogP contribution in [-0.2, 0) is 4.79 Å². The lowest BCUT2D eigenvalue weighted by Gasteiger charge is -2.21. The molecule has 2 amide bonds. The third kappa shape index (κ3) is 5.54. The molecule has 1 saturated heterocycles. The summed E-state index contributed by atoms with van der Waals surface area (Å²) in [6.07, 6.45) is 0.902. The lowest BCUT2D eigenvalue weighted by Crippen LogP contribution is -2.36. The van der Waals surface area contributed by atoms with Crippen molar-refractivity contribution in [1.29, 1.82) is 0 Å². The fourth-order valence-electron chi connectivity index (χ4n) is 4.07. The number of carbonyl (C=O) groups excluding carboxylic acids is 2. The minimum atomic E-state index is -0.389. The van der Waals surface area contributed by atoms with Crippen LogP contribution in [0.1, 0.15) is 42.1 Å². The molecule has 2 aromatic carbocycles. The van der Waals surface area contributed by atoms with Crippen LogP contribution in [0.2, 0.25) is 5.02 Å². The number of hydrogen-bond donors (Lipinski definition) is 1. The molecule has 0 radical (unpaired) electrons. The molecule has 1 heterocycles. The van der Waals surface area contributed by atoms with Gasteiger partial charge < -0.3 is 19.7 Å². The van der Waals surface area contributed by atoms with Crippen LogP contribution in [0.4, 0.5) is 0 Å². The summed E-state index contributed by atoms with van der Waals surface area (Å²) >= 11 is 5.97. The fourth-order valence-corrected chi connectivity index (χ4v) is 4.20. The Labute approximate surface area is 194 Å². The molecule has 1 N–H and O–H groups in total. The highest BCUT2D eigenvalue weighted by Crippen LogP contribution is 2.40. The van der Waals surface area contributed by atoms with Gasteiger partial charge in [0, 0.05) is 41.7 Å². The molecule has 7 heteroatoms. The molecule has 6 nitrogen and oxygen atoms in total. The van der Waals surface area contributed by atoms with Gasteiger partial charge in [0.2, 0.25) is 5.91 Å². The maximum Gasteiger partial charge on any atom is 0.253 e. The zero-order valence-electron chi connectivity index (χ0n) is 19.1. The van der Waals surface area contributed by atoms with Gasteiger partial charge in [-0.1, -0.05) is 25.4 Å². The first kappa shape index (κ1) is 23.9. The van der Waals surface area contributed by atoms with E-state index in [4.69, 9.17) is 21.1 Å². The van der Waals surface area contributed by atoms with Gasteiger partial charge in [0.25, 0.3) is 5.91 Å². The third-order valence-electron chi connectivity index (χ3n) is 5.89. The van der Waals surface area contributed by atoms with Crippen LogP contribution < -0.4 is 14.8 Å². The number of methoxy groups -OCH3 is 2. The summed E-state index contributed by atoms with van der Waals surface area (Å²) in [6, 6.07) is 12.4. The first-order valence-electron chi connectivity index (χ1n) is 10.9. The van der Waals surface area contributed by atoms with Crippen LogP contribution in [0, 0.1) is 11.8 Å². The van der Waals surface area contributed by atoms with E-state index in [0.29, 0.717) is 47.6 Å². The zero-order chi connectivity index (χ0) is 23.3. The SMILES string of the molecule is COc1ccc(OC)c([C@@H]2CN(C(=O)c3ccc(Cl)cc3)C[C@@H]2C(=O)NCCC(C)C)c1. The summed E-state index contributed by atoms with van der Waals surface area (Å²) in [4.78, 5) is 28.1. The number of carbonyl (C=O) groups is 2. The highest BCUT2D eigenvalue weighted by Gasteiger charge is 2.41. The molecule has 0 bridgehead atoms. The van der Waals surface area contributed by atoms with Gasteiger partial charge in [0.05, 0.1) is 20.1 Å². The summed E-state index contributed by atoms with van der Waals surface area (Å²) in [7, 11) is 3.21. The van der Waals surface area contributed by atoms with E-state index in [-0.39, 0.29) is 23.7 Å². The zero-order valence-corrected chi connectivity index (χ0v) is 19.8. The average Bonchev–Trinajstić information content (AvgIpc) is 3.23. The number of amides is 2. The van der Waals surface area contributed by atoms with E-state index in [1.807, 2.05) is 18.2 Å². The minimum Gasteiger partial charge on any atom is -0.497 e. The predicted molar refractivity (Wildman–Crippen MR) is 126 cm³/mol. The van der Waals surface area contributed by atoms with Crippen LogP contribution in [0.15, 0.2) is 42.5 Å². The van der Waals surface area contributed by atoms with Crippen molar-refractivity contribution in [2.75, 3.05) is 33.9 Å². The van der Waals surface area contributed by atoms with E-state index in [2.05, 4.69) is 19.2 Å². The number of nitrogens with zero attached hydrogens (tertiary/aromatic N) is 1. The Hall–Kier alpha value is -2.73. The Kier molecular flexibility index (Phi) is 8.02. The monoisotopic (exact) mass is 458 g/mol. The van der Waals surface area contributed by atoms with Crippen molar-refractivity contribution in [2.24, 2.45) is 11.8 Å². The number of halogens is 1. The molecule has 0 aromatic heterocycles. The van der Waals surface area contributed by atoms with Crippen molar-refractivity contribution in [3.05, 3.63) is 58.6 Å². The van der Waals surface area contributed by atoms with Gasteiger partial charge in [-0.05, 0) is 54.8 Å². The van der Waals surface area contributed by atoms with Gasteiger partial charge in [0.15, 0.2) is 0 Å². The Morgan fingerprint density at radius 1 is 1.09 bits per heavy atom. The first-order chi connectivity index (χ1) is 15.3. The molecule has 1 aliphatic heterocycles. The van der Waals surface area contributed by atoms with Gasteiger partial charge >= 0.3 is 0 Å². The van der Waals surface area contributed by atoms with Crippen molar-refractivity contribution < 1.29 is 19.1 Å². The molecular weight excluding hydrogens is 428 g/mol. The van der Waals surface area contributed by atoms with E-state index < -0.39 is 0 Å². The predicted octanol–water partition coefficient (Wildman–Crippen LogP) is 4.38. The van der Waals surface area contributed by atoms with Crippen molar-refractivity contribution >= 4 is 23.4 Å². The van der Waals surface area contributed by atoms with E-state index in [9.17, 15) is 9.59 Å². The summed E-state index contributed by atoms with van der Waals surface area (Å²) < 4.78 is 11.0. The standard InChI is InChI=1S/C25H31ClN2O4/c1-16(2)11-12-27-24(29)22-15-28(25(30)17-5-7-18(26)8-6-17)14-21(22)20-13-19(31-3)9-10-23(20)32-4/h5-10,13,16,21-22H,11-12,14-15H2,1-4H3,(H,27,29)/t21-,22-/m0/s1. The van der Waals surface area contributed by atoms with Crippen molar-refractivity contribution in [1.82, 2.24) is 10.2 Å². The summed E-state index contributed by atoms with van der Waals surface area (Å²) in [6.45, 7) is 5.60. The average molecular weight is 459 g/mol. The van der Waals surface area contributed by atoms with Gasteiger partial charge in [-0.3, -0.25) is 9.59 Å². The largest absolute Gasteiger partial charge is 0.497 e. The van der Waals surface area contributed by atoms with E-state index in [1.165, 1.54) is 0 Å². The van der Waals surface area contributed by atoms with Crippen LogP contribution in [-0.4, -0.2) is 50.6 Å². The molecule has 2 aromatic rings. The molecule has 0 saturated carbocycles. The van der Waals surface area contributed by atoms with Crippen molar-refractivity contribution in [3.63, 3.8) is 0 Å². The van der Waals surface area contributed by atoms with Gasteiger partial charge in [-0.25, -0.2) is 0 Å². The van der Waals surface area contributed by atoms with Crippen LogP contribution in [0.5, 0.6) is 11.5 Å². The van der Waals surface area contributed by atoms with E-state index >= 15 is 0 Å². The molecule has 1 fully saturated rings. The Morgan fingerprint density at radius 3 is 2.44 bits per heavy atom. The van der Waals surface area contributed by atoms with E-state index in [1.54, 1.807) is 43.4 Å². The van der Waals surface area contributed by atoms with Crippen molar-refractivity contribution in [2.45, 2.75) is 26.2 Å². The maximum atomic E-state index is 13.2. The highest BCUT2D eigenvalue weighted by molar-refractivity contribution is 6.30. The highest BCUT2D eigenvalue weighted by atomic mass is 35.5. The maximum absolute atomic E-state index is 13.2. The smallest absolute Gasteiger partial charge is 0.253 e. The topological polar surface area (TPSA) is 67.9 Å². The minimum absolute atomic E-state index is 0.0491. The molecule has 1 aliphatic rings. The Bertz CT molecular complexity index is 945. The number of rotatable bonds is 8. The van der Waals surface area contributed by atoms with Crippen LogP contribution in [0.25, 0.3) is 0 Å². The normalized spacial score (nSPS) is 18.0. The lowest BCUT2D eigenvalue weighted by atomic mass is 9.87. The van der Waals surface area contributed by atoms with Gasteiger partial charge in [0.1, 0.15) is 11.5 Å². The number of nitrogens with one attached hydrogen (secondary N) is 1. The Morgan fingerprint density at radius 2 is 1.81 bits per heavy atom. The third-order valence-corrected chi connectivity index (χ3v) is 6.14. The van der Waals surface area contributed by atoms with Gasteiger partial charge in [-0.2, -0.15) is 0 Å². The number of benzene rings is 2. The van der Waals surface area contributed by atoms with Gasteiger partial charge in [-0.15, -0.1) is 0 Å². The molecular formula is C25H31ClN2O4. The molecule has 0 unspecified atom stereocenters. The molecule has 0 aliphatic carbocycles. The molecule has 0 spiro atoms. The molecule has 2 atom stereocenters. The van der Waals surface area contributed by atoms with Crippen LogP contribution in [0.3, 0.4) is 0 Å². The second-order valence-corrected chi connectivity index (χ2v) is 8.95. The Balaban J connectivity index is 1.90. The second kappa shape index (κ2) is 10.7. The fraction of sp³-hybridized carbons (Fsp3) is 0.440. The first-order valence-corrected chi connectivity index (χ1v) is 11.3. The lowest BCUT2D eigenvalue weighted by molar-refractivity contribution is -0.124. The van der Waals surface area contributed by atoms with Crippen LogP contribution >= 0.6 is 11.6 Å². The summed E-state index contributed by atoms with van der Waals surface area (Å²) in [5.41, 5.74) is 1.41. The van der Waals surface area contributed by atoms with E-state index in [0.717, 1.165) is 12.0 Å². The summed E-state index contributed by atoms with van der Waals surface area (Å²) in [5.74, 6) is 1.09. The molecule has 32 heavy (non-hydrogen) atoms. The molecule has 172 valence electrons. The number of ether oxygens (including phenoxy) is 2. The number of hydrogen-bond acceptors (Lipinski definition) is 4. The summed E-state index contributed by atoms with van der Waals surface area (Å²) in [5, 5.41) is 3.64. The van der Waals surface area contributed by atoms with Crippen molar-refractivity contribution in [3.8, 4) is 11.5 Å². The second-order valence-electron chi connectivity index (χ2n) is 8.51. The quantitative estimate of drug-likeness (QED) is 0.637.